The van der Waals surface area contributed by atoms with Crippen molar-refractivity contribution >= 4 is 84.8 Å². The van der Waals surface area contributed by atoms with Gasteiger partial charge >= 0.3 is 0 Å². The number of para-hydroxylation sites is 2. The van der Waals surface area contributed by atoms with Crippen LogP contribution in [0.3, 0.4) is 0 Å². The highest BCUT2D eigenvalue weighted by Gasteiger charge is 2.20. The first-order valence-corrected chi connectivity index (χ1v) is 18.6. The number of hydrogen-bond donors (Lipinski definition) is 0. The van der Waals surface area contributed by atoms with E-state index in [9.17, 15) is 0 Å². The average molecular weight is 687 g/mol. The van der Waals surface area contributed by atoms with Crippen LogP contribution in [0.4, 0.5) is 0 Å². The number of hydrogen-bond acceptors (Lipinski definition) is 5. The monoisotopic (exact) mass is 686 g/mol. The Morgan fingerprint density at radius 2 is 0.941 bits per heavy atom. The minimum atomic E-state index is 0.668. The summed E-state index contributed by atoms with van der Waals surface area (Å²) in [6.07, 6.45) is 0. The first-order chi connectivity index (χ1) is 25.3. The highest BCUT2D eigenvalue weighted by atomic mass is 32.1. The molecule has 11 rings (SSSR count). The normalized spacial score (nSPS) is 11.9. The fourth-order valence-electron chi connectivity index (χ4n) is 7.56. The number of nitrogens with zero attached hydrogens (tertiary/aromatic N) is 4. The Morgan fingerprint density at radius 1 is 0.392 bits per heavy atom. The molecule has 0 aliphatic rings. The Morgan fingerprint density at radius 3 is 1.63 bits per heavy atom. The Labute approximate surface area is 300 Å². The average Bonchev–Trinajstić information content (AvgIpc) is 3.88. The molecule has 0 unspecified atom stereocenters. The van der Waals surface area contributed by atoms with Gasteiger partial charge in [0.25, 0.3) is 0 Å². The number of rotatable bonds is 4. The van der Waals surface area contributed by atoms with Gasteiger partial charge in [-0.1, -0.05) is 127 Å². The number of fused-ring (bicyclic) bond motifs is 10. The number of thiophene rings is 2. The van der Waals surface area contributed by atoms with Crippen LogP contribution in [-0.4, -0.2) is 19.5 Å². The second kappa shape index (κ2) is 11.2. The van der Waals surface area contributed by atoms with Crippen molar-refractivity contribution in [3.63, 3.8) is 0 Å². The van der Waals surface area contributed by atoms with E-state index in [-0.39, 0.29) is 0 Å². The van der Waals surface area contributed by atoms with Gasteiger partial charge in [-0.25, -0.2) is 15.0 Å². The molecule has 0 atom stereocenters. The lowest BCUT2D eigenvalue weighted by atomic mass is 10.0. The summed E-state index contributed by atoms with van der Waals surface area (Å²) in [7, 11) is 0. The highest BCUT2D eigenvalue weighted by molar-refractivity contribution is 7.33. The van der Waals surface area contributed by atoms with Crippen LogP contribution in [-0.2, 0) is 0 Å². The molecule has 4 aromatic heterocycles. The van der Waals surface area contributed by atoms with E-state index in [4.69, 9.17) is 15.0 Å². The maximum Gasteiger partial charge on any atom is 0.164 e. The molecule has 0 saturated heterocycles. The zero-order valence-electron chi connectivity index (χ0n) is 27.1. The number of aromatic nitrogens is 4. The van der Waals surface area contributed by atoms with Crippen LogP contribution >= 0.6 is 22.7 Å². The third-order valence-electron chi connectivity index (χ3n) is 9.87. The summed E-state index contributed by atoms with van der Waals surface area (Å²) in [5.74, 6) is 2.02. The van der Waals surface area contributed by atoms with E-state index >= 15 is 0 Å². The molecule has 0 amide bonds. The third kappa shape index (κ3) is 4.40. The number of benzene rings is 7. The molecule has 7 aromatic carbocycles. The fourth-order valence-corrected chi connectivity index (χ4v) is 10.2. The van der Waals surface area contributed by atoms with Crippen molar-refractivity contribution in [3.05, 3.63) is 158 Å². The van der Waals surface area contributed by atoms with Crippen molar-refractivity contribution in [1.82, 2.24) is 19.5 Å². The van der Waals surface area contributed by atoms with Gasteiger partial charge in [0.15, 0.2) is 17.5 Å². The van der Waals surface area contributed by atoms with Crippen molar-refractivity contribution in [2.75, 3.05) is 0 Å². The standard InChI is InChI=1S/C45H26N4S2/c1-3-12-27(13-4-1)43-46-44(28-14-5-2-6-15-28)48-45(47-43)35-18-11-21-38-40(35)34-25-24-33-32-23-22-29(26-39(32)51-41(33)42(34)50-38)49-36-19-9-7-16-30(36)31-17-8-10-20-37(31)49/h1-26H. The van der Waals surface area contributed by atoms with Crippen molar-refractivity contribution in [2.24, 2.45) is 0 Å². The van der Waals surface area contributed by atoms with Gasteiger partial charge in [-0.15, -0.1) is 22.7 Å². The summed E-state index contributed by atoms with van der Waals surface area (Å²) in [5.41, 5.74) is 6.58. The SMILES string of the molecule is c1ccc(-c2nc(-c3ccccc3)nc(-c3cccc4sc5c(ccc6c7ccc(-n8c9ccccc9c9ccccc98)cc7sc65)c34)n2)cc1. The Hall–Kier alpha value is -6.21. The Balaban J connectivity index is 1.12. The van der Waals surface area contributed by atoms with Crippen molar-refractivity contribution in [2.45, 2.75) is 0 Å². The zero-order valence-corrected chi connectivity index (χ0v) is 28.7. The smallest absolute Gasteiger partial charge is 0.164 e. The summed E-state index contributed by atoms with van der Waals surface area (Å²) in [4.78, 5) is 15.1. The summed E-state index contributed by atoms with van der Waals surface area (Å²) < 4.78 is 7.53. The van der Waals surface area contributed by atoms with Gasteiger partial charge in [-0.05, 0) is 30.3 Å². The molecule has 4 nitrogen and oxygen atoms in total. The summed E-state index contributed by atoms with van der Waals surface area (Å²) in [6, 6.07) is 55.8. The fraction of sp³-hybridized carbons (Fsp3) is 0. The minimum Gasteiger partial charge on any atom is -0.309 e. The Bertz CT molecular complexity index is 3030. The second-order valence-corrected chi connectivity index (χ2v) is 14.9. The van der Waals surface area contributed by atoms with Crippen molar-refractivity contribution < 1.29 is 0 Å². The van der Waals surface area contributed by atoms with Gasteiger partial charge in [-0.3, -0.25) is 0 Å². The van der Waals surface area contributed by atoms with Gasteiger partial charge in [0.05, 0.1) is 20.4 Å². The van der Waals surface area contributed by atoms with Crippen molar-refractivity contribution in [3.8, 4) is 39.9 Å². The quantitative estimate of drug-likeness (QED) is 0.185. The van der Waals surface area contributed by atoms with Crippen molar-refractivity contribution in [1.29, 1.82) is 0 Å². The highest BCUT2D eigenvalue weighted by Crippen LogP contribution is 2.47. The molecule has 6 heteroatoms. The van der Waals surface area contributed by atoms with E-state index < -0.39 is 0 Å². The van der Waals surface area contributed by atoms with E-state index in [1.165, 1.54) is 67.8 Å². The van der Waals surface area contributed by atoms with E-state index in [1.54, 1.807) is 0 Å². The molecule has 0 saturated carbocycles. The molecule has 0 radical (unpaired) electrons. The van der Waals surface area contributed by atoms with Crippen LogP contribution in [0.5, 0.6) is 0 Å². The Kier molecular flexibility index (Phi) is 6.26. The third-order valence-corrected chi connectivity index (χ3v) is 12.4. The predicted molar refractivity (Wildman–Crippen MR) is 216 cm³/mol. The largest absolute Gasteiger partial charge is 0.309 e. The maximum atomic E-state index is 5.09. The van der Waals surface area contributed by atoms with E-state index in [2.05, 4.69) is 126 Å². The first-order valence-electron chi connectivity index (χ1n) is 16.9. The minimum absolute atomic E-state index is 0.668. The molecular weight excluding hydrogens is 661 g/mol. The van der Waals surface area contributed by atoms with E-state index in [0.717, 1.165) is 16.7 Å². The van der Waals surface area contributed by atoms with E-state index in [0.29, 0.717) is 17.5 Å². The van der Waals surface area contributed by atoms with Crippen LogP contribution < -0.4 is 0 Å². The molecule has 0 aliphatic carbocycles. The van der Waals surface area contributed by atoms with Gasteiger partial charge in [-0.2, -0.15) is 0 Å². The summed E-state index contributed by atoms with van der Waals surface area (Å²) >= 11 is 3.74. The molecule has 0 bridgehead atoms. The molecular formula is C45H26N4S2. The summed E-state index contributed by atoms with van der Waals surface area (Å²) in [6.45, 7) is 0. The van der Waals surface area contributed by atoms with Crippen LogP contribution in [0.2, 0.25) is 0 Å². The molecule has 51 heavy (non-hydrogen) atoms. The molecule has 238 valence electrons. The van der Waals surface area contributed by atoms with Crippen LogP contribution in [0, 0.1) is 0 Å². The predicted octanol–water partition coefficient (Wildman–Crippen LogP) is 12.7. The first kappa shape index (κ1) is 28.6. The molecule has 0 spiro atoms. The van der Waals surface area contributed by atoms with Gasteiger partial charge in [0.1, 0.15) is 0 Å². The van der Waals surface area contributed by atoms with Crippen LogP contribution in [0.25, 0.3) is 102 Å². The van der Waals surface area contributed by atoms with Crippen LogP contribution in [0.1, 0.15) is 0 Å². The van der Waals surface area contributed by atoms with Gasteiger partial charge in [0.2, 0.25) is 0 Å². The molecule has 0 N–H and O–H groups in total. The maximum absolute atomic E-state index is 5.09. The topological polar surface area (TPSA) is 43.6 Å². The molecule has 0 fully saturated rings. The van der Waals surface area contributed by atoms with Gasteiger partial charge < -0.3 is 4.57 Å². The molecule has 4 heterocycles. The lowest BCUT2D eigenvalue weighted by molar-refractivity contribution is 1.08. The summed E-state index contributed by atoms with van der Waals surface area (Å²) in [5, 5.41) is 7.55. The molecule has 0 aliphatic heterocycles. The lowest BCUT2D eigenvalue weighted by Crippen LogP contribution is -2.00. The zero-order chi connectivity index (χ0) is 33.5. The van der Waals surface area contributed by atoms with Crippen LogP contribution in [0.15, 0.2) is 158 Å². The second-order valence-electron chi connectivity index (χ2n) is 12.8. The van der Waals surface area contributed by atoms with Gasteiger partial charge in [0, 0.05) is 64.1 Å². The molecule has 11 aromatic rings. The lowest BCUT2D eigenvalue weighted by Gasteiger charge is -2.09. The van der Waals surface area contributed by atoms with E-state index in [1.807, 2.05) is 59.1 Å².